The molecule has 0 spiro atoms. The Kier molecular flexibility index (Phi) is 5.10. The third-order valence-electron chi connectivity index (χ3n) is 4.32. The van der Waals surface area contributed by atoms with E-state index in [0.29, 0.717) is 22.2 Å². The van der Waals surface area contributed by atoms with E-state index in [1.807, 2.05) is 0 Å². The minimum absolute atomic E-state index is 0.0137. The zero-order chi connectivity index (χ0) is 18.0. The van der Waals surface area contributed by atoms with Crippen molar-refractivity contribution >= 4 is 27.3 Å². The van der Waals surface area contributed by atoms with E-state index < -0.39 is 15.9 Å². The Morgan fingerprint density at radius 1 is 1.24 bits per heavy atom. The van der Waals surface area contributed by atoms with E-state index in [1.54, 1.807) is 6.92 Å². The summed E-state index contributed by atoms with van der Waals surface area (Å²) >= 11 is 1.30. The molecule has 3 rings (SSSR count). The first-order chi connectivity index (χ1) is 11.9. The average molecular weight is 380 g/mol. The number of sulfonamides is 1. The summed E-state index contributed by atoms with van der Waals surface area (Å²) in [6.07, 6.45) is 4.52. The molecular formula is C17H20N2O4S2. The van der Waals surface area contributed by atoms with Crippen LogP contribution >= 0.6 is 11.3 Å². The molecule has 1 fully saturated rings. The molecule has 1 aromatic carbocycles. The van der Waals surface area contributed by atoms with Gasteiger partial charge < -0.3 is 4.74 Å². The highest BCUT2D eigenvalue weighted by Gasteiger charge is 2.26. The summed E-state index contributed by atoms with van der Waals surface area (Å²) < 4.78 is 31.9. The average Bonchev–Trinajstić information content (AvgIpc) is 3.23. The van der Waals surface area contributed by atoms with Crippen molar-refractivity contribution in [2.45, 2.75) is 43.4 Å². The summed E-state index contributed by atoms with van der Waals surface area (Å²) in [5.74, 6) is 0.309. The van der Waals surface area contributed by atoms with Crippen molar-refractivity contribution in [3.63, 3.8) is 0 Å². The number of carbonyl (C=O) groups excluding carboxylic acids is 1. The molecule has 0 aliphatic heterocycles. The van der Waals surface area contributed by atoms with Crippen molar-refractivity contribution in [2.75, 3.05) is 7.11 Å². The highest BCUT2D eigenvalue weighted by Crippen LogP contribution is 2.37. The van der Waals surface area contributed by atoms with Crippen molar-refractivity contribution in [3.05, 3.63) is 39.8 Å². The molecule has 1 saturated carbocycles. The number of benzene rings is 1. The van der Waals surface area contributed by atoms with E-state index in [9.17, 15) is 13.2 Å². The van der Waals surface area contributed by atoms with Crippen LogP contribution in [0.3, 0.4) is 0 Å². The van der Waals surface area contributed by atoms with Gasteiger partial charge in [-0.25, -0.2) is 18.1 Å². The predicted molar refractivity (Wildman–Crippen MR) is 95.7 cm³/mol. The molecule has 0 saturated heterocycles. The molecule has 0 bridgehead atoms. The Labute approximate surface area is 151 Å². The molecule has 1 amide bonds. The van der Waals surface area contributed by atoms with Crippen LogP contribution in [0.4, 0.5) is 0 Å². The van der Waals surface area contributed by atoms with E-state index in [4.69, 9.17) is 4.74 Å². The molecule has 1 heterocycles. The zero-order valence-corrected chi connectivity index (χ0v) is 15.7. The lowest BCUT2D eigenvalue weighted by atomic mass is 10.1. The SMILES string of the molecule is COc1ccc(S(=O)(=O)NC(=O)c2sc(C3CCCC3)nc2C)cc1. The summed E-state index contributed by atoms with van der Waals surface area (Å²) in [5, 5.41) is 0.932. The van der Waals surface area contributed by atoms with E-state index in [-0.39, 0.29) is 4.90 Å². The molecule has 0 radical (unpaired) electrons. The van der Waals surface area contributed by atoms with Gasteiger partial charge in [-0.3, -0.25) is 4.79 Å². The minimum atomic E-state index is -3.94. The van der Waals surface area contributed by atoms with Crippen LogP contribution in [0, 0.1) is 6.92 Å². The number of aryl methyl sites for hydroxylation is 1. The van der Waals surface area contributed by atoms with Gasteiger partial charge in [0.1, 0.15) is 10.6 Å². The minimum Gasteiger partial charge on any atom is -0.497 e. The van der Waals surface area contributed by atoms with Gasteiger partial charge in [0.05, 0.1) is 22.7 Å². The van der Waals surface area contributed by atoms with Gasteiger partial charge in [0.15, 0.2) is 0 Å². The van der Waals surface area contributed by atoms with Crippen LogP contribution < -0.4 is 9.46 Å². The molecule has 0 unspecified atom stereocenters. The highest BCUT2D eigenvalue weighted by molar-refractivity contribution is 7.90. The normalized spacial score (nSPS) is 15.3. The fourth-order valence-corrected chi connectivity index (χ4v) is 5.11. The maximum absolute atomic E-state index is 12.5. The molecule has 6 nitrogen and oxygen atoms in total. The number of nitrogens with one attached hydrogen (secondary N) is 1. The smallest absolute Gasteiger partial charge is 0.276 e. The number of aromatic nitrogens is 1. The fourth-order valence-electron chi connectivity index (χ4n) is 2.96. The van der Waals surface area contributed by atoms with E-state index >= 15 is 0 Å². The molecule has 8 heteroatoms. The lowest BCUT2D eigenvalue weighted by Gasteiger charge is -2.07. The van der Waals surface area contributed by atoms with Crippen molar-refractivity contribution in [2.24, 2.45) is 0 Å². The molecule has 0 atom stereocenters. The first kappa shape index (κ1) is 17.9. The van der Waals surface area contributed by atoms with Crippen LogP contribution in [-0.2, 0) is 10.0 Å². The van der Waals surface area contributed by atoms with E-state index in [1.165, 1.54) is 55.6 Å². The maximum atomic E-state index is 12.5. The monoisotopic (exact) mass is 380 g/mol. The molecule has 134 valence electrons. The third kappa shape index (κ3) is 3.85. The van der Waals surface area contributed by atoms with Gasteiger partial charge in [0.2, 0.25) is 0 Å². The summed E-state index contributed by atoms with van der Waals surface area (Å²) in [6, 6.07) is 5.88. The van der Waals surface area contributed by atoms with Crippen LogP contribution in [0.5, 0.6) is 5.75 Å². The number of hydrogen-bond acceptors (Lipinski definition) is 6. The fraction of sp³-hybridized carbons (Fsp3) is 0.412. The van der Waals surface area contributed by atoms with Gasteiger partial charge in [0.25, 0.3) is 15.9 Å². The number of amides is 1. The number of hydrogen-bond donors (Lipinski definition) is 1. The van der Waals surface area contributed by atoms with Gasteiger partial charge in [-0.15, -0.1) is 11.3 Å². The van der Waals surface area contributed by atoms with Crippen molar-refractivity contribution in [1.29, 1.82) is 0 Å². The quantitative estimate of drug-likeness (QED) is 0.861. The zero-order valence-electron chi connectivity index (χ0n) is 14.1. The lowest BCUT2D eigenvalue weighted by molar-refractivity contribution is 0.0984. The van der Waals surface area contributed by atoms with Gasteiger partial charge in [-0.2, -0.15) is 0 Å². The lowest BCUT2D eigenvalue weighted by Crippen LogP contribution is -2.30. The Morgan fingerprint density at radius 3 is 2.48 bits per heavy atom. The summed E-state index contributed by atoms with van der Waals surface area (Å²) in [6.45, 7) is 1.74. The van der Waals surface area contributed by atoms with Crippen LogP contribution in [-0.4, -0.2) is 26.4 Å². The molecular weight excluding hydrogens is 360 g/mol. The number of carbonyl (C=O) groups is 1. The topological polar surface area (TPSA) is 85.4 Å². The largest absolute Gasteiger partial charge is 0.497 e. The van der Waals surface area contributed by atoms with Crippen LogP contribution in [0.1, 0.15) is 52.0 Å². The van der Waals surface area contributed by atoms with E-state index in [0.717, 1.165) is 17.8 Å². The molecule has 1 aliphatic carbocycles. The second-order valence-electron chi connectivity index (χ2n) is 6.06. The standard InChI is InChI=1S/C17H20N2O4S2/c1-11-15(24-17(18-11)12-5-3-4-6-12)16(20)19-25(21,22)14-9-7-13(23-2)8-10-14/h7-10,12H,3-6H2,1-2H3,(H,19,20). The van der Waals surface area contributed by atoms with Gasteiger partial charge >= 0.3 is 0 Å². The van der Waals surface area contributed by atoms with Crippen molar-refractivity contribution < 1.29 is 17.9 Å². The number of rotatable bonds is 5. The van der Waals surface area contributed by atoms with Crippen LogP contribution in [0.15, 0.2) is 29.2 Å². The van der Waals surface area contributed by atoms with Crippen molar-refractivity contribution in [1.82, 2.24) is 9.71 Å². The Balaban J connectivity index is 1.78. The Bertz CT molecular complexity index is 867. The Hall–Kier alpha value is -1.93. The molecule has 2 aromatic rings. The third-order valence-corrected chi connectivity index (χ3v) is 6.99. The maximum Gasteiger partial charge on any atom is 0.276 e. The number of methoxy groups -OCH3 is 1. The second-order valence-corrected chi connectivity index (χ2v) is 8.77. The first-order valence-corrected chi connectivity index (χ1v) is 10.4. The summed E-state index contributed by atoms with van der Waals surface area (Å²) in [5.41, 5.74) is 0.578. The predicted octanol–water partition coefficient (Wildman–Crippen LogP) is 3.24. The Morgan fingerprint density at radius 2 is 1.88 bits per heavy atom. The second kappa shape index (κ2) is 7.13. The van der Waals surface area contributed by atoms with Gasteiger partial charge in [-0.05, 0) is 44.0 Å². The highest BCUT2D eigenvalue weighted by atomic mass is 32.2. The first-order valence-electron chi connectivity index (χ1n) is 8.09. The van der Waals surface area contributed by atoms with Gasteiger partial charge in [0, 0.05) is 5.92 Å². The summed E-state index contributed by atoms with van der Waals surface area (Å²) in [4.78, 5) is 17.3. The van der Waals surface area contributed by atoms with E-state index in [2.05, 4.69) is 9.71 Å². The van der Waals surface area contributed by atoms with Crippen LogP contribution in [0.2, 0.25) is 0 Å². The number of nitrogens with zero attached hydrogens (tertiary/aromatic N) is 1. The van der Waals surface area contributed by atoms with Crippen LogP contribution in [0.25, 0.3) is 0 Å². The van der Waals surface area contributed by atoms with Crippen molar-refractivity contribution in [3.8, 4) is 5.75 Å². The number of thiazole rings is 1. The molecule has 1 N–H and O–H groups in total. The molecule has 1 aliphatic rings. The molecule has 1 aromatic heterocycles. The molecule has 25 heavy (non-hydrogen) atoms. The summed E-state index contributed by atoms with van der Waals surface area (Å²) in [7, 11) is -2.44. The van der Waals surface area contributed by atoms with Gasteiger partial charge in [-0.1, -0.05) is 12.8 Å². The number of ether oxygens (including phenoxy) is 1.